The number of methoxy groups -OCH3 is 2. The number of carbonyl (C=O) groups is 2. The van der Waals surface area contributed by atoms with E-state index in [0.29, 0.717) is 40.7 Å². The summed E-state index contributed by atoms with van der Waals surface area (Å²) in [5.74, 6) is -0.0374. The van der Waals surface area contributed by atoms with Crippen molar-refractivity contribution in [3.05, 3.63) is 88.5 Å². The Balaban J connectivity index is 1.93. The van der Waals surface area contributed by atoms with Crippen LogP contribution in [-0.4, -0.2) is 37.6 Å². The average Bonchev–Trinajstić information content (AvgIpc) is 3.17. The van der Waals surface area contributed by atoms with Crippen LogP contribution in [0.1, 0.15) is 41.6 Å². The number of aliphatic hydroxyl groups is 1. The Kier molecular flexibility index (Phi) is 7.53. The minimum atomic E-state index is -0.862. The van der Waals surface area contributed by atoms with Gasteiger partial charge in [0, 0.05) is 5.69 Å². The lowest BCUT2D eigenvalue weighted by molar-refractivity contribution is -0.132. The molecule has 192 valence electrons. The third-order valence-corrected chi connectivity index (χ3v) is 6.34. The highest BCUT2D eigenvalue weighted by Crippen LogP contribution is 2.44. The van der Waals surface area contributed by atoms with Crippen molar-refractivity contribution >= 4 is 23.1 Å². The second-order valence-electron chi connectivity index (χ2n) is 8.95. The Morgan fingerprint density at radius 2 is 1.57 bits per heavy atom. The number of ketones is 1. The van der Waals surface area contributed by atoms with Crippen molar-refractivity contribution < 1.29 is 28.9 Å². The second kappa shape index (κ2) is 10.8. The second-order valence-corrected chi connectivity index (χ2v) is 8.95. The fourth-order valence-electron chi connectivity index (χ4n) is 4.67. The van der Waals surface area contributed by atoms with Gasteiger partial charge in [0.05, 0.1) is 38.0 Å². The molecule has 4 rings (SSSR count). The van der Waals surface area contributed by atoms with Crippen LogP contribution in [0.15, 0.2) is 66.2 Å². The van der Waals surface area contributed by atoms with Crippen molar-refractivity contribution in [3.63, 3.8) is 0 Å². The monoisotopic (exact) mass is 501 g/mol. The van der Waals surface area contributed by atoms with E-state index in [0.717, 1.165) is 17.5 Å². The maximum absolute atomic E-state index is 13.5. The lowest BCUT2D eigenvalue weighted by Crippen LogP contribution is -2.29. The van der Waals surface area contributed by atoms with Gasteiger partial charge < -0.3 is 19.3 Å². The van der Waals surface area contributed by atoms with Crippen LogP contribution >= 0.6 is 0 Å². The molecule has 1 aliphatic heterocycles. The highest BCUT2D eigenvalue weighted by atomic mass is 16.5. The number of hydrogen-bond acceptors (Lipinski definition) is 6. The van der Waals surface area contributed by atoms with Crippen LogP contribution in [0.4, 0.5) is 5.69 Å². The molecule has 0 bridgehead atoms. The lowest BCUT2D eigenvalue weighted by Gasteiger charge is -2.26. The number of hydrogen-bond donors (Lipinski definition) is 1. The molecule has 1 amide bonds. The molecule has 1 fully saturated rings. The molecule has 3 aromatic carbocycles. The van der Waals surface area contributed by atoms with Gasteiger partial charge in [-0.1, -0.05) is 25.1 Å². The molecular formula is C30H31NO6. The number of ether oxygens (including phenoxy) is 3. The highest BCUT2D eigenvalue weighted by molar-refractivity contribution is 6.51. The maximum Gasteiger partial charge on any atom is 0.300 e. The van der Waals surface area contributed by atoms with Gasteiger partial charge in [-0.15, -0.1) is 0 Å². The molecule has 7 nitrogen and oxygen atoms in total. The van der Waals surface area contributed by atoms with Crippen molar-refractivity contribution in [1.29, 1.82) is 0 Å². The van der Waals surface area contributed by atoms with Crippen molar-refractivity contribution in [3.8, 4) is 17.2 Å². The molecule has 0 spiro atoms. The number of benzene rings is 3. The molecule has 37 heavy (non-hydrogen) atoms. The van der Waals surface area contributed by atoms with E-state index in [9.17, 15) is 14.7 Å². The minimum Gasteiger partial charge on any atom is -0.507 e. The molecule has 0 saturated carbocycles. The Bertz CT molecular complexity index is 1340. The third-order valence-electron chi connectivity index (χ3n) is 6.34. The molecule has 7 heteroatoms. The van der Waals surface area contributed by atoms with Crippen LogP contribution in [0.25, 0.3) is 5.76 Å². The molecule has 0 aromatic heterocycles. The lowest BCUT2D eigenvalue weighted by atomic mass is 9.93. The van der Waals surface area contributed by atoms with Gasteiger partial charge in [-0.25, -0.2) is 0 Å². The highest BCUT2D eigenvalue weighted by Gasteiger charge is 2.47. The Labute approximate surface area is 216 Å². The summed E-state index contributed by atoms with van der Waals surface area (Å²) in [6.07, 6.45) is 0.872. The number of amides is 1. The fraction of sp³-hybridized carbons (Fsp3) is 0.267. The summed E-state index contributed by atoms with van der Waals surface area (Å²) in [6.45, 7) is 6.37. The smallest absolute Gasteiger partial charge is 0.300 e. The molecule has 1 saturated heterocycles. The van der Waals surface area contributed by atoms with Crippen LogP contribution in [0.3, 0.4) is 0 Å². The van der Waals surface area contributed by atoms with Crippen molar-refractivity contribution in [1.82, 2.24) is 0 Å². The molecule has 3 aromatic rings. The van der Waals surface area contributed by atoms with Gasteiger partial charge in [0.2, 0.25) is 0 Å². The molecule has 1 N–H and O–H groups in total. The number of rotatable bonds is 8. The van der Waals surface area contributed by atoms with E-state index in [4.69, 9.17) is 14.2 Å². The van der Waals surface area contributed by atoms with Crippen molar-refractivity contribution in [2.24, 2.45) is 0 Å². The number of anilines is 1. The zero-order valence-corrected chi connectivity index (χ0v) is 21.7. The van der Waals surface area contributed by atoms with Crippen molar-refractivity contribution in [2.45, 2.75) is 33.2 Å². The predicted octanol–water partition coefficient (Wildman–Crippen LogP) is 5.74. The van der Waals surface area contributed by atoms with Crippen LogP contribution in [0.2, 0.25) is 0 Å². The predicted molar refractivity (Wildman–Crippen MR) is 142 cm³/mol. The summed E-state index contributed by atoms with van der Waals surface area (Å²) < 4.78 is 16.5. The summed E-state index contributed by atoms with van der Waals surface area (Å²) >= 11 is 0. The van der Waals surface area contributed by atoms with Crippen LogP contribution in [-0.2, 0) is 9.59 Å². The first-order valence-corrected chi connectivity index (χ1v) is 12.1. The van der Waals surface area contributed by atoms with Gasteiger partial charge in [0.15, 0.2) is 0 Å². The maximum atomic E-state index is 13.5. The Hall–Kier alpha value is -4.26. The molecular weight excluding hydrogens is 470 g/mol. The standard InChI is InChI=1S/C30H31NO6/c1-6-15-37-23-11-7-20(8-12-23)26-25(27(32)24-17-18(2)16-19(3)29(24)36-5)28(33)30(34)31(26)21-9-13-22(35-4)14-10-21/h7-14,16-17,26,32H,6,15H2,1-5H3/b27-25+. The summed E-state index contributed by atoms with van der Waals surface area (Å²) in [5, 5.41) is 11.6. The largest absolute Gasteiger partial charge is 0.507 e. The molecule has 1 unspecified atom stereocenters. The number of nitrogens with zero attached hydrogens (tertiary/aromatic N) is 1. The van der Waals surface area contributed by atoms with E-state index >= 15 is 0 Å². The van der Waals surface area contributed by atoms with E-state index in [1.165, 1.54) is 12.0 Å². The number of aryl methyl sites for hydroxylation is 2. The Morgan fingerprint density at radius 1 is 0.919 bits per heavy atom. The van der Waals surface area contributed by atoms with E-state index < -0.39 is 17.7 Å². The molecule has 1 heterocycles. The van der Waals surface area contributed by atoms with Gasteiger partial charge in [0.25, 0.3) is 11.7 Å². The fourth-order valence-corrected chi connectivity index (χ4v) is 4.67. The van der Waals surface area contributed by atoms with E-state index in [-0.39, 0.29) is 11.3 Å². The molecule has 1 aliphatic rings. The minimum absolute atomic E-state index is 0.00801. The zero-order valence-electron chi connectivity index (χ0n) is 21.7. The molecule has 0 aliphatic carbocycles. The Morgan fingerprint density at radius 3 is 2.16 bits per heavy atom. The van der Waals surface area contributed by atoms with Crippen LogP contribution in [0.5, 0.6) is 17.2 Å². The summed E-state index contributed by atoms with van der Waals surface area (Å²) in [7, 11) is 3.07. The van der Waals surface area contributed by atoms with Crippen LogP contribution < -0.4 is 19.1 Å². The summed E-state index contributed by atoms with van der Waals surface area (Å²) in [4.78, 5) is 28.3. The topological polar surface area (TPSA) is 85.3 Å². The van der Waals surface area contributed by atoms with Crippen LogP contribution in [0, 0.1) is 13.8 Å². The molecule has 0 radical (unpaired) electrons. The molecule has 1 atom stereocenters. The van der Waals surface area contributed by atoms with Gasteiger partial charge in [-0.2, -0.15) is 0 Å². The number of aliphatic hydroxyl groups excluding tert-OH is 1. The van der Waals surface area contributed by atoms with Gasteiger partial charge in [0.1, 0.15) is 23.0 Å². The number of Topliss-reactive ketones (excluding diaryl/α,β-unsaturated/α-hetero) is 1. The summed E-state index contributed by atoms with van der Waals surface area (Å²) in [6, 6.07) is 16.9. The van der Waals surface area contributed by atoms with Gasteiger partial charge in [-0.05, 0) is 79.4 Å². The zero-order chi connectivity index (χ0) is 26.7. The van der Waals surface area contributed by atoms with E-state index in [1.54, 1.807) is 49.6 Å². The average molecular weight is 502 g/mol. The first kappa shape index (κ1) is 25.8. The quantitative estimate of drug-likeness (QED) is 0.241. The SMILES string of the molecule is CCCOc1ccc(C2/C(=C(\O)c3cc(C)cc(C)c3OC)C(=O)C(=O)N2c2ccc(OC)cc2)cc1. The first-order valence-electron chi connectivity index (χ1n) is 12.1. The van der Waals surface area contributed by atoms with E-state index in [2.05, 4.69) is 0 Å². The first-order chi connectivity index (χ1) is 17.8. The number of carbonyl (C=O) groups excluding carboxylic acids is 2. The van der Waals surface area contributed by atoms with Gasteiger partial charge >= 0.3 is 0 Å². The normalized spacial score (nSPS) is 16.7. The van der Waals surface area contributed by atoms with E-state index in [1.807, 2.05) is 39.0 Å². The summed E-state index contributed by atoms with van der Waals surface area (Å²) in [5.41, 5.74) is 3.21. The third kappa shape index (κ3) is 4.89. The van der Waals surface area contributed by atoms with Crippen molar-refractivity contribution in [2.75, 3.05) is 25.7 Å². The van der Waals surface area contributed by atoms with Gasteiger partial charge in [-0.3, -0.25) is 14.5 Å².